The van der Waals surface area contributed by atoms with Crippen LogP contribution in [0.5, 0.6) is 5.75 Å². The summed E-state index contributed by atoms with van der Waals surface area (Å²) in [6, 6.07) is 8.27. The van der Waals surface area contributed by atoms with Gasteiger partial charge < -0.3 is 14.2 Å². The van der Waals surface area contributed by atoms with Crippen LogP contribution in [0, 0.1) is 0 Å². The average molecular weight is 378 g/mol. The molecule has 2 aromatic carbocycles. The molecule has 0 saturated carbocycles. The highest BCUT2D eigenvalue weighted by Gasteiger charge is 2.51. The lowest BCUT2D eigenvalue weighted by Gasteiger charge is -2.24. The van der Waals surface area contributed by atoms with Gasteiger partial charge in [-0.2, -0.15) is 0 Å². The minimum absolute atomic E-state index is 0.199. The zero-order chi connectivity index (χ0) is 19.8. The first kappa shape index (κ1) is 17.3. The first-order valence-electron chi connectivity index (χ1n) is 9.19. The SMILES string of the molecule is CC(=O)Oc1cc2c(c3c1[C@@H]1OC(C)(C)O[C@@H]1C3)C(=O)c1ccccc1C2=O. The number of benzene rings is 2. The average Bonchev–Trinajstić information content (AvgIpc) is 3.10. The van der Waals surface area contributed by atoms with E-state index in [-0.39, 0.29) is 29.0 Å². The van der Waals surface area contributed by atoms with Gasteiger partial charge in [-0.1, -0.05) is 24.3 Å². The molecule has 0 spiro atoms. The Morgan fingerprint density at radius 2 is 1.75 bits per heavy atom. The van der Waals surface area contributed by atoms with Crippen molar-refractivity contribution in [2.75, 3.05) is 0 Å². The number of carbonyl (C=O) groups is 3. The van der Waals surface area contributed by atoms with Gasteiger partial charge >= 0.3 is 5.97 Å². The summed E-state index contributed by atoms with van der Waals surface area (Å²) >= 11 is 0. The number of esters is 1. The Morgan fingerprint density at radius 3 is 2.43 bits per heavy atom. The molecule has 0 unspecified atom stereocenters. The Balaban J connectivity index is 1.76. The second kappa shape index (κ2) is 5.59. The molecule has 6 nitrogen and oxygen atoms in total. The maximum Gasteiger partial charge on any atom is 0.308 e. The predicted molar refractivity (Wildman–Crippen MR) is 97.5 cm³/mol. The smallest absolute Gasteiger partial charge is 0.308 e. The summed E-state index contributed by atoms with van der Waals surface area (Å²) in [6.45, 7) is 4.94. The Hall–Kier alpha value is -2.83. The van der Waals surface area contributed by atoms with Crippen LogP contribution in [-0.2, 0) is 20.7 Å². The molecule has 0 amide bonds. The van der Waals surface area contributed by atoms with Crippen LogP contribution in [0.3, 0.4) is 0 Å². The number of hydrogen-bond donors (Lipinski definition) is 0. The Bertz CT molecular complexity index is 1080. The Labute approximate surface area is 161 Å². The molecule has 0 radical (unpaired) electrons. The lowest BCUT2D eigenvalue weighted by atomic mass is 9.80. The Kier molecular flexibility index (Phi) is 3.45. The third kappa shape index (κ3) is 2.31. The normalized spacial score (nSPS) is 23.7. The van der Waals surface area contributed by atoms with Gasteiger partial charge in [0.2, 0.25) is 0 Å². The first-order valence-corrected chi connectivity index (χ1v) is 9.19. The molecule has 3 aliphatic rings. The summed E-state index contributed by atoms with van der Waals surface area (Å²) in [5, 5.41) is 0. The van der Waals surface area contributed by atoms with Crippen molar-refractivity contribution in [1.29, 1.82) is 0 Å². The molecule has 2 aliphatic carbocycles. The van der Waals surface area contributed by atoms with Crippen LogP contribution < -0.4 is 4.74 Å². The van der Waals surface area contributed by atoms with Gasteiger partial charge in [0.25, 0.3) is 0 Å². The second-order valence-electron chi connectivity index (χ2n) is 7.79. The monoisotopic (exact) mass is 378 g/mol. The summed E-state index contributed by atoms with van der Waals surface area (Å²) < 4.78 is 17.4. The third-order valence-corrected chi connectivity index (χ3v) is 5.45. The van der Waals surface area contributed by atoms with E-state index >= 15 is 0 Å². The highest BCUT2D eigenvalue weighted by molar-refractivity contribution is 6.29. The third-order valence-electron chi connectivity index (χ3n) is 5.45. The minimum atomic E-state index is -0.775. The molecule has 2 atom stereocenters. The van der Waals surface area contributed by atoms with Crippen molar-refractivity contribution in [2.24, 2.45) is 0 Å². The van der Waals surface area contributed by atoms with Gasteiger partial charge in [0, 0.05) is 41.2 Å². The fourth-order valence-corrected chi connectivity index (χ4v) is 4.52. The van der Waals surface area contributed by atoms with Crippen molar-refractivity contribution in [3.63, 3.8) is 0 Å². The molecule has 1 heterocycles. The summed E-state index contributed by atoms with van der Waals surface area (Å²) in [5.41, 5.74) is 2.69. The van der Waals surface area contributed by atoms with Crippen LogP contribution in [-0.4, -0.2) is 29.4 Å². The summed E-state index contributed by atoms with van der Waals surface area (Å²) in [7, 11) is 0. The van der Waals surface area contributed by atoms with Gasteiger partial charge in [0.05, 0.1) is 6.10 Å². The fraction of sp³-hybridized carbons (Fsp3) is 0.318. The van der Waals surface area contributed by atoms with Crippen molar-refractivity contribution in [1.82, 2.24) is 0 Å². The van der Waals surface area contributed by atoms with Crippen LogP contribution in [0.1, 0.15) is 69.8 Å². The lowest BCUT2D eigenvalue weighted by molar-refractivity contribution is -0.148. The zero-order valence-electron chi connectivity index (χ0n) is 15.7. The van der Waals surface area contributed by atoms with Crippen molar-refractivity contribution in [2.45, 2.75) is 45.2 Å². The van der Waals surface area contributed by atoms with E-state index < -0.39 is 17.9 Å². The quantitative estimate of drug-likeness (QED) is 0.478. The molecule has 0 bridgehead atoms. The molecule has 0 N–H and O–H groups in total. The summed E-state index contributed by atoms with van der Waals surface area (Å²) in [4.78, 5) is 38.0. The minimum Gasteiger partial charge on any atom is -0.426 e. The Morgan fingerprint density at radius 1 is 1.07 bits per heavy atom. The largest absolute Gasteiger partial charge is 0.426 e. The molecule has 28 heavy (non-hydrogen) atoms. The number of carbonyl (C=O) groups excluding carboxylic acids is 3. The molecule has 1 aliphatic heterocycles. The van der Waals surface area contributed by atoms with Gasteiger partial charge in [0.1, 0.15) is 11.9 Å². The molecule has 5 rings (SSSR count). The molecule has 2 aromatic rings. The standard InChI is InChI=1S/C22H18O6/c1-10(23)26-15-9-14-17(20(25)12-7-5-4-6-11(12)19(14)24)13-8-16-21(18(13)15)28-22(2,3)27-16/h4-7,9,16,21H,8H2,1-3H3/t16-,21-/m1/s1. The van der Waals surface area contributed by atoms with Crippen molar-refractivity contribution in [3.8, 4) is 5.75 Å². The molecule has 1 fully saturated rings. The van der Waals surface area contributed by atoms with Gasteiger partial charge in [-0.15, -0.1) is 0 Å². The summed E-state index contributed by atoms with van der Waals surface area (Å²) in [5.74, 6) is -1.46. The zero-order valence-corrected chi connectivity index (χ0v) is 15.7. The van der Waals surface area contributed by atoms with E-state index in [9.17, 15) is 14.4 Å². The van der Waals surface area contributed by atoms with E-state index in [1.165, 1.54) is 13.0 Å². The van der Waals surface area contributed by atoms with Gasteiger partial charge in [0.15, 0.2) is 17.4 Å². The van der Waals surface area contributed by atoms with Crippen LogP contribution >= 0.6 is 0 Å². The second-order valence-corrected chi connectivity index (χ2v) is 7.79. The van der Waals surface area contributed by atoms with E-state index in [1.54, 1.807) is 24.3 Å². The number of ketones is 2. The summed E-state index contributed by atoms with van der Waals surface area (Å²) in [6.07, 6.45) is -0.335. The van der Waals surface area contributed by atoms with E-state index in [1.807, 2.05) is 13.8 Å². The van der Waals surface area contributed by atoms with Crippen LogP contribution in [0.15, 0.2) is 30.3 Å². The van der Waals surface area contributed by atoms with Crippen LogP contribution in [0.4, 0.5) is 0 Å². The molecular weight excluding hydrogens is 360 g/mol. The highest BCUT2D eigenvalue weighted by atomic mass is 16.8. The number of fused-ring (bicyclic) bond motifs is 6. The number of hydrogen-bond acceptors (Lipinski definition) is 6. The fourth-order valence-electron chi connectivity index (χ4n) is 4.52. The van der Waals surface area contributed by atoms with Crippen LogP contribution in [0.25, 0.3) is 0 Å². The molecule has 142 valence electrons. The maximum absolute atomic E-state index is 13.3. The number of rotatable bonds is 1. The predicted octanol–water partition coefficient (Wildman–Crippen LogP) is 3.14. The van der Waals surface area contributed by atoms with Crippen molar-refractivity contribution in [3.05, 3.63) is 63.7 Å². The van der Waals surface area contributed by atoms with Crippen molar-refractivity contribution >= 4 is 17.5 Å². The number of ether oxygens (including phenoxy) is 3. The molecule has 0 aromatic heterocycles. The maximum atomic E-state index is 13.3. The molecule has 6 heteroatoms. The van der Waals surface area contributed by atoms with E-state index in [0.717, 1.165) is 0 Å². The van der Waals surface area contributed by atoms with Crippen molar-refractivity contribution < 1.29 is 28.6 Å². The highest BCUT2D eigenvalue weighted by Crippen LogP contribution is 2.52. The topological polar surface area (TPSA) is 78.9 Å². The van der Waals surface area contributed by atoms with Crippen LogP contribution in [0.2, 0.25) is 0 Å². The lowest BCUT2D eigenvalue weighted by Crippen LogP contribution is -2.25. The van der Waals surface area contributed by atoms with Gasteiger partial charge in [-0.3, -0.25) is 14.4 Å². The van der Waals surface area contributed by atoms with E-state index in [4.69, 9.17) is 14.2 Å². The van der Waals surface area contributed by atoms with Gasteiger partial charge in [-0.05, 0) is 25.5 Å². The molecule has 1 saturated heterocycles. The molecular formula is C22H18O6. The van der Waals surface area contributed by atoms with E-state index in [2.05, 4.69) is 0 Å². The first-order chi connectivity index (χ1) is 13.3. The van der Waals surface area contributed by atoms with E-state index in [0.29, 0.717) is 34.2 Å². The van der Waals surface area contributed by atoms with Gasteiger partial charge in [-0.25, -0.2) is 0 Å².